The maximum Gasteiger partial charge on any atom is 0.0322 e. The molecule has 15 heavy (non-hydrogen) atoms. The second-order valence-corrected chi connectivity index (χ2v) is 4.72. The van der Waals surface area contributed by atoms with Crippen LogP contribution in [0, 0.1) is 0 Å². The number of hydrogen-bond donors (Lipinski definition) is 0. The SMILES string of the molecule is C1=CC(N2CCCCC2)=CCCCCC1. The van der Waals surface area contributed by atoms with Crippen molar-refractivity contribution in [2.45, 2.75) is 51.4 Å². The molecule has 0 radical (unpaired) electrons. The van der Waals surface area contributed by atoms with Gasteiger partial charge >= 0.3 is 0 Å². The number of nitrogens with zero attached hydrogens (tertiary/aromatic N) is 1. The Hall–Kier alpha value is -0.720. The van der Waals surface area contributed by atoms with Gasteiger partial charge < -0.3 is 4.90 Å². The van der Waals surface area contributed by atoms with Crippen LogP contribution in [0.4, 0.5) is 0 Å². The van der Waals surface area contributed by atoms with Crippen LogP contribution in [0.5, 0.6) is 0 Å². The van der Waals surface area contributed by atoms with E-state index in [2.05, 4.69) is 23.1 Å². The van der Waals surface area contributed by atoms with E-state index < -0.39 is 0 Å². The molecule has 1 heterocycles. The van der Waals surface area contributed by atoms with Crippen LogP contribution >= 0.6 is 0 Å². The molecule has 0 N–H and O–H groups in total. The summed E-state index contributed by atoms with van der Waals surface area (Å²) in [4.78, 5) is 2.57. The van der Waals surface area contributed by atoms with Gasteiger partial charge in [0.15, 0.2) is 0 Å². The van der Waals surface area contributed by atoms with E-state index in [0.29, 0.717) is 0 Å². The van der Waals surface area contributed by atoms with Crippen LogP contribution in [0.1, 0.15) is 51.4 Å². The predicted octanol–water partition coefficient (Wildman–Crippen LogP) is 3.88. The molecule has 1 saturated heterocycles. The van der Waals surface area contributed by atoms with Crippen molar-refractivity contribution in [2.24, 2.45) is 0 Å². The van der Waals surface area contributed by atoms with Crippen LogP contribution in [0.15, 0.2) is 23.9 Å². The summed E-state index contributed by atoms with van der Waals surface area (Å²) in [5.74, 6) is 0. The van der Waals surface area contributed by atoms with Gasteiger partial charge in [-0.2, -0.15) is 0 Å². The van der Waals surface area contributed by atoms with E-state index in [1.165, 1.54) is 70.2 Å². The lowest BCUT2D eigenvalue weighted by Crippen LogP contribution is -2.28. The smallest absolute Gasteiger partial charge is 0.0322 e. The first-order valence-corrected chi connectivity index (χ1v) is 6.58. The zero-order chi connectivity index (χ0) is 10.3. The van der Waals surface area contributed by atoms with Gasteiger partial charge in [0.25, 0.3) is 0 Å². The summed E-state index contributed by atoms with van der Waals surface area (Å²) in [6, 6.07) is 0. The van der Waals surface area contributed by atoms with Crippen molar-refractivity contribution in [3.05, 3.63) is 23.9 Å². The topological polar surface area (TPSA) is 3.24 Å². The second kappa shape index (κ2) is 5.99. The number of piperidine rings is 1. The first-order valence-electron chi connectivity index (χ1n) is 6.58. The molecule has 0 bridgehead atoms. The number of rotatable bonds is 1. The molecule has 2 rings (SSSR count). The van der Waals surface area contributed by atoms with Gasteiger partial charge in [-0.1, -0.05) is 18.6 Å². The lowest BCUT2D eigenvalue weighted by molar-refractivity contribution is 0.292. The zero-order valence-electron chi connectivity index (χ0n) is 9.75. The van der Waals surface area contributed by atoms with Crippen LogP contribution in [-0.2, 0) is 0 Å². The third-order valence-electron chi connectivity index (χ3n) is 3.44. The third-order valence-corrected chi connectivity index (χ3v) is 3.44. The van der Waals surface area contributed by atoms with Gasteiger partial charge in [-0.25, -0.2) is 0 Å². The van der Waals surface area contributed by atoms with Gasteiger partial charge in [0.05, 0.1) is 0 Å². The van der Waals surface area contributed by atoms with Crippen molar-refractivity contribution < 1.29 is 0 Å². The Balaban J connectivity index is 1.98. The predicted molar refractivity (Wildman–Crippen MR) is 65.7 cm³/mol. The van der Waals surface area contributed by atoms with E-state index in [1.54, 1.807) is 0 Å². The van der Waals surface area contributed by atoms with Crippen LogP contribution < -0.4 is 0 Å². The van der Waals surface area contributed by atoms with E-state index in [-0.39, 0.29) is 0 Å². The molecule has 0 aromatic heterocycles. The fourth-order valence-corrected chi connectivity index (χ4v) is 2.49. The zero-order valence-corrected chi connectivity index (χ0v) is 9.75. The largest absolute Gasteiger partial charge is 0.372 e. The van der Waals surface area contributed by atoms with E-state index in [4.69, 9.17) is 0 Å². The number of likely N-dealkylation sites (tertiary alicyclic amines) is 1. The van der Waals surface area contributed by atoms with E-state index in [1.807, 2.05) is 0 Å². The molecular weight excluding hydrogens is 182 g/mol. The summed E-state index contributed by atoms with van der Waals surface area (Å²) < 4.78 is 0. The van der Waals surface area contributed by atoms with Crippen molar-refractivity contribution >= 4 is 0 Å². The van der Waals surface area contributed by atoms with Crippen molar-refractivity contribution in [3.8, 4) is 0 Å². The Morgan fingerprint density at radius 1 is 0.800 bits per heavy atom. The van der Waals surface area contributed by atoms with Crippen molar-refractivity contribution in [2.75, 3.05) is 13.1 Å². The van der Waals surface area contributed by atoms with Crippen molar-refractivity contribution in [1.29, 1.82) is 0 Å². The first kappa shape index (κ1) is 10.8. The first-order chi connectivity index (χ1) is 7.47. The second-order valence-electron chi connectivity index (χ2n) is 4.72. The average Bonchev–Trinajstić information content (AvgIpc) is 2.43. The molecule has 2 aliphatic rings. The molecule has 0 aromatic carbocycles. The maximum absolute atomic E-state index is 2.57. The van der Waals surface area contributed by atoms with Gasteiger partial charge in [-0.15, -0.1) is 0 Å². The highest BCUT2D eigenvalue weighted by Crippen LogP contribution is 2.18. The van der Waals surface area contributed by atoms with Crippen LogP contribution in [0.2, 0.25) is 0 Å². The molecular formula is C14H23N. The molecule has 0 spiro atoms. The van der Waals surface area contributed by atoms with E-state index >= 15 is 0 Å². The highest BCUT2D eigenvalue weighted by molar-refractivity contribution is 5.18. The summed E-state index contributed by atoms with van der Waals surface area (Å²) >= 11 is 0. The summed E-state index contributed by atoms with van der Waals surface area (Å²) in [5.41, 5.74) is 1.50. The molecule has 1 aliphatic carbocycles. The van der Waals surface area contributed by atoms with Crippen molar-refractivity contribution in [1.82, 2.24) is 4.90 Å². The third kappa shape index (κ3) is 3.40. The molecule has 0 atom stereocenters. The minimum Gasteiger partial charge on any atom is -0.372 e. The normalized spacial score (nSPS) is 24.0. The van der Waals surface area contributed by atoms with Gasteiger partial charge in [0.2, 0.25) is 0 Å². The minimum absolute atomic E-state index is 1.27. The van der Waals surface area contributed by atoms with Gasteiger partial charge in [0, 0.05) is 18.8 Å². The van der Waals surface area contributed by atoms with E-state index in [0.717, 1.165) is 0 Å². The lowest BCUT2D eigenvalue weighted by atomic mass is 10.1. The fraction of sp³-hybridized carbons (Fsp3) is 0.714. The molecule has 1 fully saturated rings. The van der Waals surface area contributed by atoms with Gasteiger partial charge in [-0.3, -0.25) is 0 Å². The van der Waals surface area contributed by atoms with Crippen molar-refractivity contribution in [3.63, 3.8) is 0 Å². The highest BCUT2D eigenvalue weighted by atomic mass is 15.1. The summed E-state index contributed by atoms with van der Waals surface area (Å²) in [5, 5.41) is 0. The van der Waals surface area contributed by atoms with Crippen LogP contribution in [0.25, 0.3) is 0 Å². The summed E-state index contributed by atoms with van der Waals surface area (Å²) in [6.45, 7) is 2.55. The van der Waals surface area contributed by atoms with Gasteiger partial charge in [-0.05, 0) is 51.0 Å². The Morgan fingerprint density at radius 2 is 1.53 bits per heavy atom. The Bertz CT molecular complexity index is 234. The Labute approximate surface area is 93.9 Å². The lowest BCUT2D eigenvalue weighted by Gasteiger charge is -2.29. The number of allylic oxidation sites excluding steroid dienone is 3. The van der Waals surface area contributed by atoms with E-state index in [9.17, 15) is 0 Å². The average molecular weight is 205 g/mol. The fourth-order valence-electron chi connectivity index (χ4n) is 2.49. The maximum atomic E-state index is 2.57. The molecule has 0 amide bonds. The minimum atomic E-state index is 1.27. The standard InChI is InChI=1S/C14H23N/c1-2-4-7-11-14(10-6-3-1)15-12-8-5-9-13-15/h6,10-11H,1-5,7-9,12-13H2. The molecule has 1 aliphatic heterocycles. The Morgan fingerprint density at radius 3 is 2.40 bits per heavy atom. The molecule has 1 heteroatoms. The molecule has 0 unspecified atom stereocenters. The summed E-state index contributed by atoms with van der Waals surface area (Å²) in [6.07, 6.45) is 18.0. The van der Waals surface area contributed by atoms with Crippen LogP contribution in [-0.4, -0.2) is 18.0 Å². The molecule has 84 valence electrons. The molecule has 0 aromatic rings. The molecule has 1 nitrogen and oxygen atoms in total. The number of hydrogen-bond acceptors (Lipinski definition) is 1. The quantitative estimate of drug-likeness (QED) is 0.628. The van der Waals surface area contributed by atoms with Gasteiger partial charge in [0.1, 0.15) is 0 Å². The monoisotopic (exact) mass is 205 g/mol. The Kier molecular flexibility index (Phi) is 4.31. The van der Waals surface area contributed by atoms with Crippen LogP contribution in [0.3, 0.4) is 0 Å². The molecule has 0 saturated carbocycles. The highest BCUT2D eigenvalue weighted by Gasteiger charge is 2.11. The summed E-state index contributed by atoms with van der Waals surface area (Å²) in [7, 11) is 0.